The Morgan fingerprint density at radius 1 is 1.02 bits per heavy atom. The summed E-state index contributed by atoms with van der Waals surface area (Å²) < 4.78 is 11.0. The number of nitrogens with one attached hydrogen (secondary N) is 1. The van der Waals surface area contributed by atoms with Crippen molar-refractivity contribution in [1.29, 1.82) is 0 Å². The first-order chi connectivity index (χ1) is 19.6. The van der Waals surface area contributed by atoms with E-state index in [4.69, 9.17) is 14.6 Å². The molecule has 8 atom stereocenters. The van der Waals surface area contributed by atoms with E-state index >= 15 is 0 Å². The number of allylic oxidation sites excluding steroid dienone is 1. The van der Waals surface area contributed by atoms with Crippen LogP contribution in [0.5, 0.6) is 0 Å². The molecule has 4 aliphatic carbocycles. The van der Waals surface area contributed by atoms with Crippen LogP contribution in [0.15, 0.2) is 11.6 Å². The second kappa shape index (κ2) is 14.4. The van der Waals surface area contributed by atoms with Crippen molar-refractivity contribution in [2.45, 2.75) is 124 Å². The molecule has 0 aromatic rings. The smallest absolute Gasteiger partial charge is 0.306 e. The summed E-state index contributed by atoms with van der Waals surface area (Å²) in [4.78, 5) is 24.6. The lowest BCUT2D eigenvalue weighted by molar-refractivity contribution is -0.152. The number of rotatable bonds is 14. The SMILES string of the molecule is CC(C)CCC[C@@H](C)[C@H]1CC[C@H]2[C@@H]3CC=C4C[C@@H](OC(=O)CCC(=O)NCCOCCO)CC[C@]4(C)[C@H]3CC[C@]12C. The molecule has 0 aromatic carbocycles. The summed E-state index contributed by atoms with van der Waals surface area (Å²) >= 11 is 0. The van der Waals surface area contributed by atoms with E-state index in [0.29, 0.717) is 18.6 Å². The van der Waals surface area contributed by atoms with Crippen LogP contribution in [0.4, 0.5) is 0 Å². The average Bonchev–Trinajstić information content (AvgIpc) is 3.29. The third-order valence-electron chi connectivity index (χ3n) is 11.9. The van der Waals surface area contributed by atoms with Gasteiger partial charge in [0.15, 0.2) is 0 Å². The highest BCUT2D eigenvalue weighted by molar-refractivity contribution is 5.81. The Morgan fingerprint density at radius 3 is 2.59 bits per heavy atom. The standard InChI is InChI=1S/C35H59NO5/c1-24(2)7-6-8-25(3)29-11-12-30-28-10-9-26-23-27(15-17-34(26,4)31(28)16-18-35(29,30)5)41-33(39)14-13-32(38)36-19-21-40-22-20-37/h9,24-25,27-31,37H,6-8,10-23H2,1-5H3,(H,36,38)/t25-,27+,28+,29-,30+,31+,34+,35-/m1/s1. The summed E-state index contributed by atoms with van der Waals surface area (Å²) in [5.41, 5.74) is 2.28. The molecule has 4 rings (SSSR count). The summed E-state index contributed by atoms with van der Waals surface area (Å²) in [6, 6.07) is 0. The van der Waals surface area contributed by atoms with Gasteiger partial charge in [0.1, 0.15) is 6.10 Å². The van der Waals surface area contributed by atoms with Gasteiger partial charge < -0.3 is 19.9 Å². The highest BCUT2D eigenvalue weighted by Crippen LogP contribution is 2.67. The summed E-state index contributed by atoms with van der Waals surface area (Å²) in [5.74, 6) is 4.52. The van der Waals surface area contributed by atoms with E-state index in [1.54, 1.807) is 0 Å². The van der Waals surface area contributed by atoms with Gasteiger partial charge in [0.25, 0.3) is 0 Å². The van der Waals surface area contributed by atoms with Gasteiger partial charge in [0.05, 0.1) is 26.2 Å². The van der Waals surface area contributed by atoms with Gasteiger partial charge >= 0.3 is 5.97 Å². The third kappa shape index (κ3) is 7.58. The molecule has 234 valence electrons. The van der Waals surface area contributed by atoms with Crippen LogP contribution in [0.3, 0.4) is 0 Å². The number of fused-ring (bicyclic) bond motifs is 5. The minimum absolute atomic E-state index is 0.0310. The Balaban J connectivity index is 1.28. The van der Waals surface area contributed by atoms with Crippen molar-refractivity contribution in [3.05, 3.63) is 11.6 Å². The molecule has 4 aliphatic rings. The van der Waals surface area contributed by atoms with Gasteiger partial charge in [-0.3, -0.25) is 9.59 Å². The zero-order valence-corrected chi connectivity index (χ0v) is 26.7. The van der Waals surface area contributed by atoms with Crippen LogP contribution in [0.25, 0.3) is 0 Å². The average molecular weight is 574 g/mol. The van der Waals surface area contributed by atoms with Crippen LogP contribution in [-0.4, -0.2) is 49.5 Å². The fourth-order valence-corrected chi connectivity index (χ4v) is 9.73. The molecular formula is C35H59NO5. The summed E-state index contributed by atoms with van der Waals surface area (Å²) in [5, 5.41) is 11.5. The van der Waals surface area contributed by atoms with Crippen LogP contribution < -0.4 is 5.32 Å². The number of carbonyl (C=O) groups is 2. The second-order valence-electron chi connectivity index (χ2n) is 14.8. The van der Waals surface area contributed by atoms with Crippen molar-refractivity contribution in [2.75, 3.05) is 26.4 Å². The summed E-state index contributed by atoms with van der Waals surface area (Å²) in [6.07, 6.45) is 16.5. The number of aliphatic hydroxyl groups is 1. The van der Waals surface area contributed by atoms with Crippen molar-refractivity contribution in [2.24, 2.45) is 46.3 Å². The largest absolute Gasteiger partial charge is 0.462 e. The topological polar surface area (TPSA) is 84.9 Å². The minimum atomic E-state index is -0.271. The molecule has 6 nitrogen and oxygen atoms in total. The number of esters is 1. The second-order valence-corrected chi connectivity index (χ2v) is 14.8. The predicted octanol–water partition coefficient (Wildman–Crippen LogP) is 6.84. The molecule has 0 spiro atoms. The normalized spacial score (nSPS) is 35.2. The molecule has 6 heteroatoms. The fraction of sp³-hybridized carbons (Fsp3) is 0.886. The molecule has 0 heterocycles. The zero-order chi connectivity index (χ0) is 29.6. The van der Waals surface area contributed by atoms with Gasteiger partial charge in [-0.1, -0.05) is 65.5 Å². The number of carbonyl (C=O) groups excluding carboxylic acids is 2. The van der Waals surface area contributed by atoms with Crippen molar-refractivity contribution in [3.63, 3.8) is 0 Å². The Hall–Kier alpha value is -1.40. The highest BCUT2D eigenvalue weighted by Gasteiger charge is 2.59. The van der Waals surface area contributed by atoms with Crippen LogP contribution in [0, 0.1) is 46.3 Å². The molecule has 1 amide bonds. The van der Waals surface area contributed by atoms with Gasteiger partial charge in [-0.25, -0.2) is 0 Å². The number of aliphatic hydroxyl groups excluding tert-OH is 1. The molecule has 3 fully saturated rings. The lowest BCUT2D eigenvalue weighted by atomic mass is 9.47. The molecule has 2 N–H and O–H groups in total. The van der Waals surface area contributed by atoms with Crippen LogP contribution in [0.1, 0.15) is 118 Å². The number of amides is 1. The molecular weight excluding hydrogens is 514 g/mol. The third-order valence-corrected chi connectivity index (χ3v) is 11.9. The maximum absolute atomic E-state index is 12.6. The number of hydrogen-bond donors (Lipinski definition) is 2. The van der Waals surface area contributed by atoms with Crippen LogP contribution in [-0.2, 0) is 19.1 Å². The van der Waals surface area contributed by atoms with E-state index < -0.39 is 0 Å². The van der Waals surface area contributed by atoms with E-state index in [-0.39, 0.29) is 49.5 Å². The van der Waals surface area contributed by atoms with Crippen LogP contribution >= 0.6 is 0 Å². The lowest BCUT2D eigenvalue weighted by Gasteiger charge is -2.58. The molecule has 3 saturated carbocycles. The number of ether oxygens (including phenoxy) is 2. The van der Waals surface area contributed by atoms with Crippen molar-refractivity contribution in [1.82, 2.24) is 5.32 Å². The van der Waals surface area contributed by atoms with Crippen molar-refractivity contribution < 1.29 is 24.2 Å². The van der Waals surface area contributed by atoms with E-state index in [2.05, 4.69) is 46.0 Å². The maximum atomic E-state index is 12.6. The molecule has 0 saturated heterocycles. The molecule has 0 unspecified atom stereocenters. The Morgan fingerprint density at radius 2 is 1.83 bits per heavy atom. The van der Waals surface area contributed by atoms with Gasteiger partial charge in [0, 0.05) is 19.4 Å². The van der Waals surface area contributed by atoms with E-state index in [0.717, 1.165) is 54.8 Å². The molecule has 0 aromatic heterocycles. The summed E-state index contributed by atoms with van der Waals surface area (Å²) in [6.45, 7) is 13.4. The molecule has 0 bridgehead atoms. The monoisotopic (exact) mass is 573 g/mol. The number of hydrogen-bond acceptors (Lipinski definition) is 5. The highest BCUT2D eigenvalue weighted by atomic mass is 16.5. The first-order valence-corrected chi connectivity index (χ1v) is 16.9. The Labute approximate surface area is 249 Å². The molecule has 41 heavy (non-hydrogen) atoms. The Bertz CT molecular complexity index is 916. The van der Waals surface area contributed by atoms with E-state index in [1.807, 2.05) is 0 Å². The minimum Gasteiger partial charge on any atom is -0.462 e. The lowest BCUT2D eigenvalue weighted by Crippen LogP contribution is -2.51. The van der Waals surface area contributed by atoms with Gasteiger partial charge in [-0.2, -0.15) is 0 Å². The summed E-state index contributed by atoms with van der Waals surface area (Å²) in [7, 11) is 0. The zero-order valence-electron chi connectivity index (χ0n) is 26.7. The maximum Gasteiger partial charge on any atom is 0.306 e. The fourth-order valence-electron chi connectivity index (χ4n) is 9.73. The molecule has 0 radical (unpaired) electrons. The quantitative estimate of drug-likeness (QED) is 0.135. The van der Waals surface area contributed by atoms with E-state index in [9.17, 15) is 9.59 Å². The van der Waals surface area contributed by atoms with Gasteiger partial charge in [-0.05, 0) is 91.3 Å². The first kappa shape index (κ1) is 32.5. The van der Waals surface area contributed by atoms with Gasteiger partial charge in [0.2, 0.25) is 5.91 Å². The van der Waals surface area contributed by atoms with Crippen LogP contribution in [0.2, 0.25) is 0 Å². The van der Waals surface area contributed by atoms with Crippen molar-refractivity contribution >= 4 is 11.9 Å². The van der Waals surface area contributed by atoms with Crippen molar-refractivity contribution in [3.8, 4) is 0 Å². The predicted molar refractivity (Wildman–Crippen MR) is 163 cm³/mol. The van der Waals surface area contributed by atoms with Gasteiger partial charge in [-0.15, -0.1) is 0 Å². The first-order valence-electron chi connectivity index (χ1n) is 16.9. The molecule has 0 aliphatic heterocycles. The van der Waals surface area contributed by atoms with E-state index in [1.165, 1.54) is 56.9 Å². The Kier molecular flexibility index (Phi) is 11.4.